The molecule has 0 aliphatic carbocycles. The third kappa shape index (κ3) is 4.94. The molecule has 1 heterocycles. The second-order valence-corrected chi connectivity index (χ2v) is 9.35. The van der Waals surface area contributed by atoms with Crippen LogP contribution in [0.1, 0.15) is 47.6 Å². The molecule has 3 aromatic carbocycles. The van der Waals surface area contributed by atoms with Crippen molar-refractivity contribution in [2.45, 2.75) is 40.2 Å². The molecule has 32 heavy (non-hydrogen) atoms. The molecule has 0 saturated carbocycles. The number of nitrogens with zero attached hydrogens (tertiary/aromatic N) is 2. The Morgan fingerprint density at radius 3 is 2.44 bits per heavy atom. The molecule has 0 aliphatic heterocycles. The van der Waals surface area contributed by atoms with Crippen LogP contribution in [-0.2, 0) is 13.0 Å². The first kappa shape index (κ1) is 22.3. The summed E-state index contributed by atoms with van der Waals surface area (Å²) < 4.78 is 2.26. The second-order valence-electron chi connectivity index (χ2n) is 8.95. The van der Waals surface area contributed by atoms with Gasteiger partial charge < -0.3 is 4.57 Å². The van der Waals surface area contributed by atoms with E-state index in [9.17, 15) is 4.79 Å². The molecular formula is C28H29ClN2O. The van der Waals surface area contributed by atoms with Crippen molar-refractivity contribution < 1.29 is 4.79 Å². The minimum absolute atomic E-state index is 0.138. The Hall–Kier alpha value is -2.91. The molecule has 0 bridgehead atoms. The van der Waals surface area contributed by atoms with Gasteiger partial charge in [-0.15, -0.1) is 0 Å². The molecule has 1 atom stereocenters. The van der Waals surface area contributed by atoms with Gasteiger partial charge in [0.15, 0.2) is 5.78 Å². The van der Waals surface area contributed by atoms with E-state index in [2.05, 4.69) is 48.7 Å². The van der Waals surface area contributed by atoms with Crippen molar-refractivity contribution in [3.8, 4) is 0 Å². The SMILES string of the molecule is Cc1ccc(C(=O)C(Cc2nc3ccccc3n2Cc2ccccc2)CC(C)C)cc1Cl. The van der Waals surface area contributed by atoms with Crippen LogP contribution >= 0.6 is 11.6 Å². The number of fused-ring (bicyclic) bond motifs is 1. The van der Waals surface area contributed by atoms with Crippen LogP contribution in [-0.4, -0.2) is 15.3 Å². The van der Waals surface area contributed by atoms with E-state index in [0.717, 1.165) is 35.4 Å². The number of ketones is 1. The quantitative estimate of drug-likeness (QED) is 0.271. The Bertz CT molecular complexity index is 1230. The van der Waals surface area contributed by atoms with E-state index in [1.54, 1.807) is 6.07 Å². The Kier molecular flexibility index (Phi) is 6.76. The van der Waals surface area contributed by atoms with Gasteiger partial charge in [-0.3, -0.25) is 4.79 Å². The number of para-hydroxylation sites is 2. The summed E-state index contributed by atoms with van der Waals surface area (Å²) in [6, 6.07) is 24.2. The molecule has 0 N–H and O–H groups in total. The van der Waals surface area contributed by atoms with E-state index >= 15 is 0 Å². The van der Waals surface area contributed by atoms with Crippen molar-refractivity contribution in [2.75, 3.05) is 0 Å². The third-order valence-corrected chi connectivity index (χ3v) is 6.34. The average molecular weight is 445 g/mol. The molecule has 0 saturated heterocycles. The number of hydrogen-bond donors (Lipinski definition) is 0. The predicted octanol–water partition coefficient (Wildman–Crippen LogP) is 7.13. The van der Waals surface area contributed by atoms with Crippen LogP contribution < -0.4 is 0 Å². The summed E-state index contributed by atoms with van der Waals surface area (Å²) in [5.41, 5.74) is 4.94. The number of halogens is 1. The van der Waals surface area contributed by atoms with Gasteiger partial charge in [-0.25, -0.2) is 4.98 Å². The summed E-state index contributed by atoms with van der Waals surface area (Å²) in [5.74, 6) is 1.34. The number of carbonyl (C=O) groups is 1. The van der Waals surface area contributed by atoms with Crippen LogP contribution in [0.2, 0.25) is 5.02 Å². The van der Waals surface area contributed by atoms with Crippen molar-refractivity contribution in [1.29, 1.82) is 0 Å². The first-order valence-electron chi connectivity index (χ1n) is 11.2. The van der Waals surface area contributed by atoms with E-state index in [0.29, 0.717) is 22.9 Å². The van der Waals surface area contributed by atoms with Crippen LogP contribution in [0.5, 0.6) is 0 Å². The summed E-state index contributed by atoms with van der Waals surface area (Å²) in [7, 11) is 0. The maximum Gasteiger partial charge on any atom is 0.166 e. The molecule has 0 aliphatic rings. The highest BCUT2D eigenvalue weighted by molar-refractivity contribution is 6.31. The third-order valence-electron chi connectivity index (χ3n) is 5.93. The summed E-state index contributed by atoms with van der Waals surface area (Å²) in [4.78, 5) is 18.5. The van der Waals surface area contributed by atoms with Crippen molar-refractivity contribution in [2.24, 2.45) is 11.8 Å². The number of imidazole rings is 1. The smallest absolute Gasteiger partial charge is 0.166 e. The Morgan fingerprint density at radius 2 is 1.72 bits per heavy atom. The number of benzene rings is 3. The van der Waals surface area contributed by atoms with Crippen molar-refractivity contribution in [3.63, 3.8) is 0 Å². The van der Waals surface area contributed by atoms with Gasteiger partial charge in [-0.05, 0) is 48.6 Å². The topological polar surface area (TPSA) is 34.9 Å². The maximum atomic E-state index is 13.5. The summed E-state index contributed by atoms with van der Waals surface area (Å²) in [5, 5.41) is 0.635. The van der Waals surface area contributed by atoms with Gasteiger partial charge in [-0.2, -0.15) is 0 Å². The summed E-state index contributed by atoms with van der Waals surface area (Å²) >= 11 is 6.33. The molecule has 0 amide bonds. The van der Waals surface area contributed by atoms with Crippen molar-refractivity contribution in [1.82, 2.24) is 9.55 Å². The van der Waals surface area contributed by atoms with Crippen LogP contribution in [0.4, 0.5) is 0 Å². The fourth-order valence-electron chi connectivity index (χ4n) is 4.28. The maximum absolute atomic E-state index is 13.5. The normalized spacial score (nSPS) is 12.4. The van der Waals surface area contributed by atoms with E-state index in [-0.39, 0.29) is 11.7 Å². The first-order valence-corrected chi connectivity index (χ1v) is 11.6. The van der Waals surface area contributed by atoms with Gasteiger partial charge in [0, 0.05) is 29.5 Å². The van der Waals surface area contributed by atoms with Gasteiger partial charge in [0.2, 0.25) is 0 Å². The zero-order chi connectivity index (χ0) is 22.7. The standard InChI is InChI=1S/C28H29ClN2O/c1-19(2)15-23(28(32)22-14-13-20(3)24(29)16-22)17-27-30-25-11-7-8-12-26(25)31(27)18-21-9-5-4-6-10-21/h4-14,16,19,23H,15,17-18H2,1-3H3. The highest BCUT2D eigenvalue weighted by Gasteiger charge is 2.25. The first-order chi connectivity index (χ1) is 15.4. The second kappa shape index (κ2) is 9.70. The Balaban J connectivity index is 1.71. The zero-order valence-corrected chi connectivity index (χ0v) is 19.6. The van der Waals surface area contributed by atoms with E-state index in [1.807, 2.05) is 43.3 Å². The lowest BCUT2D eigenvalue weighted by molar-refractivity contribution is 0.0900. The molecule has 4 heteroatoms. The van der Waals surface area contributed by atoms with E-state index < -0.39 is 0 Å². The zero-order valence-electron chi connectivity index (χ0n) is 18.9. The van der Waals surface area contributed by atoms with Gasteiger partial charge >= 0.3 is 0 Å². The fraction of sp³-hybridized carbons (Fsp3) is 0.286. The molecule has 0 fully saturated rings. The largest absolute Gasteiger partial charge is 0.323 e. The number of rotatable bonds is 8. The van der Waals surface area contributed by atoms with E-state index in [4.69, 9.17) is 16.6 Å². The molecule has 4 rings (SSSR count). The van der Waals surface area contributed by atoms with Gasteiger partial charge in [0.25, 0.3) is 0 Å². The molecule has 3 nitrogen and oxygen atoms in total. The number of Topliss-reactive ketones (excluding diaryl/α,β-unsaturated/α-hetero) is 1. The number of carbonyl (C=O) groups excluding carboxylic acids is 1. The molecule has 4 aromatic rings. The average Bonchev–Trinajstić information content (AvgIpc) is 3.12. The van der Waals surface area contributed by atoms with Crippen molar-refractivity contribution >= 4 is 28.4 Å². The minimum Gasteiger partial charge on any atom is -0.323 e. The van der Waals surface area contributed by atoms with Crippen LogP contribution in [0.3, 0.4) is 0 Å². The lowest BCUT2D eigenvalue weighted by atomic mass is 9.87. The molecule has 1 aromatic heterocycles. The number of aryl methyl sites for hydroxylation is 1. The predicted molar refractivity (Wildman–Crippen MR) is 132 cm³/mol. The highest BCUT2D eigenvalue weighted by atomic mass is 35.5. The van der Waals surface area contributed by atoms with Crippen molar-refractivity contribution in [3.05, 3.63) is 100 Å². The lowest BCUT2D eigenvalue weighted by Gasteiger charge is -2.19. The monoisotopic (exact) mass is 444 g/mol. The lowest BCUT2D eigenvalue weighted by Crippen LogP contribution is -2.22. The van der Waals surface area contributed by atoms with Crippen LogP contribution in [0.15, 0.2) is 72.8 Å². The van der Waals surface area contributed by atoms with Gasteiger partial charge in [0.05, 0.1) is 11.0 Å². The molecule has 164 valence electrons. The molecule has 0 spiro atoms. The minimum atomic E-state index is -0.153. The number of aromatic nitrogens is 2. The fourth-order valence-corrected chi connectivity index (χ4v) is 4.46. The van der Waals surface area contributed by atoms with Gasteiger partial charge in [0.1, 0.15) is 5.82 Å². The Labute approximate surface area is 195 Å². The van der Waals surface area contributed by atoms with Crippen LogP contribution in [0.25, 0.3) is 11.0 Å². The van der Waals surface area contributed by atoms with Crippen LogP contribution in [0, 0.1) is 18.8 Å². The molecule has 1 unspecified atom stereocenters. The number of hydrogen-bond acceptors (Lipinski definition) is 2. The Morgan fingerprint density at radius 1 is 1.00 bits per heavy atom. The van der Waals surface area contributed by atoms with Gasteiger partial charge in [-0.1, -0.05) is 80.0 Å². The van der Waals surface area contributed by atoms with E-state index in [1.165, 1.54) is 5.56 Å². The summed E-state index contributed by atoms with van der Waals surface area (Å²) in [6.07, 6.45) is 1.41. The highest BCUT2D eigenvalue weighted by Crippen LogP contribution is 2.27. The molecule has 0 radical (unpaired) electrons. The molecular weight excluding hydrogens is 416 g/mol. The summed E-state index contributed by atoms with van der Waals surface area (Å²) in [6.45, 7) is 7.01.